The molecule has 0 bridgehead atoms. The molecule has 0 spiro atoms. The summed E-state index contributed by atoms with van der Waals surface area (Å²) in [6, 6.07) is 64.4. The van der Waals surface area contributed by atoms with Crippen molar-refractivity contribution in [2.24, 2.45) is 0 Å². The lowest BCUT2D eigenvalue weighted by Crippen LogP contribution is -1.94. The number of nitrogens with zero attached hydrogens (tertiary/aromatic N) is 1. The lowest BCUT2D eigenvalue weighted by atomic mass is 9.93. The van der Waals surface area contributed by atoms with Crippen LogP contribution in [0.3, 0.4) is 0 Å². The quantitative estimate of drug-likeness (QED) is 0.183. The van der Waals surface area contributed by atoms with Crippen LogP contribution in [0.2, 0.25) is 0 Å². The summed E-state index contributed by atoms with van der Waals surface area (Å²) < 4.78 is 5.09. The van der Waals surface area contributed by atoms with Gasteiger partial charge >= 0.3 is 0 Å². The van der Waals surface area contributed by atoms with Crippen molar-refractivity contribution < 1.29 is 0 Å². The summed E-state index contributed by atoms with van der Waals surface area (Å²) in [5, 5.41) is 7.82. The number of rotatable bonds is 4. The van der Waals surface area contributed by atoms with Crippen molar-refractivity contribution in [1.82, 2.24) is 4.57 Å². The Kier molecular flexibility index (Phi) is 6.12. The molecule has 0 amide bonds. The first-order chi connectivity index (χ1) is 23.8. The highest BCUT2D eigenvalue weighted by atomic mass is 32.1. The Morgan fingerprint density at radius 3 is 1.50 bits per heavy atom. The second-order valence-corrected chi connectivity index (χ2v) is 13.7. The molecular formula is C46H29NS. The SMILES string of the molecule is c1ccc(-c2cc(-c3ccccc3)cc(-c3ccc(-n4c5ccccc5c5cc6c(cc54)sc4cc5ccccc5cc46)cc3)c2)cc1. The van der Waals surface area contributed by atoms with Gasteiger partial charge < -0.3 is 4.57 Å². The molecule has 0 atom stereocenters. The van der Waals surface area contributed by atoms with Crippen molar-refractivity contribution in [3.05, 3.63) is 176 Å². The Morgan fingerprint density at radius 2 is 0.833 bits per heavy atom. The smallest absolute Gasteiger partial charge is 0.0555 e. The van der Waals surface area contributed by atoms with Crippen molar-refractivity contribution in [3.63, 3.8) is 0 Å². The van der Waals surface area contributed by atoms with E-state index in [1.807, 2.05) is 11.3 Å². The largest absolute Gasteiger partial charge is 0.309 e. The highest BCUT2D eigenvalue weighted by Gasteiger charge is 2.16. The van der Waals surface area contributed by atoms with Gasteiger partial charge in [0.2, 0.25) is 0 Å². The fraction of sp³-hybridized carbons (Fsp3) is 0. The molecule has 0 fully saturated rings. The summed E-state index contributed by atoms with van der Waals surface area (Å²) in [7, 11) is 0. The van der Waals surface area contributed by atoms with Crippen LogP contribution in [-0.2, 0) is 0 Å². The van der Waals surface area contributed by atoms with Gasteiger partial charge in [-0.25, -0.2) is 0 Å². The van der Waals surface area contributed by atoms with E-state index in [0.29, 0.717) is 0 Å². The number of thiophene rings is 1. The van der Waals surface area contributed by atoms with Crippen molar-refractivity contribution in [2.75, 3.05) is 0 Å². The number of para-hydroxylation sites is 1. The van der Waals surface area contributed by atoms with Gasteiger partial charge in [-0.3, -0.25) is 0 Å². The number of fused-ring (bicyclic) bond motifs is 7. The molecule has 0 unspecified atom stereocenters. The Morgan fingerprint density at radius 1 is 0.312 bits per heavy atom. The Labute approximate surface area is 282 Å². The number of benzene rings is 8. The summed E-state index contributed by atoms with van der Waals surface area (Å²) in [5.41, 5.74) is 10.9. The maximum Gasteiger partial charge on any atom is 0.0555 e. The molecule has 2 heterocycles. The van der Waals surface area contributed by atoms with Gasteiger partial charge in [-0.1, -0.05) is 115 Å². The highest BCUT2D eigenvalue weighted by molar-refractivity contribution is 7.26. The van der Waals surface area contributed by atoms with Crippen LogP contribution in [0.15, 0.2) is 176 Å². The van der Waals surface area contributed by atoms with E-state index in [1.165, 1.54) is 91.8 Å². The fourth-order valence-corrected chi connectivity index (χ4v) is 8.54. The monoisotopic (exact) mass is 627 g/mol. The molecule has 1 nitrogen and oxygen atoms in total. The Bertz CT molecular complexity index is 2750. The highest BCUT2D eigenvalue weighted by Crippen LogP contribution is 2.42. The van der Waals surface area contributed by atoms with Crippen molar-refractivity contribution in [1.29, 1.82) is 0 Å². The maximum absolute atomic E-state index is 2.44. The van der Waals surface area contributed by atoms with Gasteiger partial charge in [0.05, 0.1) is 11.0 Å². The molecule has 0 saturated heterocycles. The van der Waals surface area contributed by atoms with Crippen LogP contribution >= 0.6 is 11.3 Å². The van der Waals surface area contributed by atoms with Crippen LogP contribution in [0.4, 0.5) is 0 Å². The number of hydrogen-bond donors (Lipinski definition) is 0. The molecule has 0 aliphatic rings. The van der Waals surface area contributed by atoms with Crippen molar-refractivity contribution >= 4 is 64.1 Å². The maximum atomic E-state index is 2.44. The third kappa shape index (κ3) is 4.38. The molecule has 0 radical (unpaired) electrons. The molecule has 48 heavy (non-hydrogen) atoms. The summed E-state index contributed by atoms with van der Waals surface area (Å²) in [6.07, 6.45) is 0. The van der Waals surface area contributed by atoms with E-state index < -0.39 is 0 Å². The first-order valence-electron chi connectivity index (χ1n) is 16.4. The topological polar surface area (TPSA) is 4.93 Å². The molecule has 10 aromatic rings. The molecule has 8 aromatic carbocycles. The lowest BCUT2D eigenvalue weighted by molar-refractivity contribution is 1.18. The van der Waals surface area contributed by atoms with E-state index in [9.17, 15) is 0 Å². The van der Waals surface area contributed by atoms with Crippen molar-refractivity contribution in [2.45, 2.75) is 0 Å². The average Bonchev–Trinajstić information content (AvgIpc) is 3.67. The normalized spacial score (nSPS) is 11.8. The number of aromatic nitrogens is 1. The van der Waals surface area contributed by atoms with E-state index in [1.54, 1.807) is 0 Å². The van der Waals surface area contributed by atoms with E-state index in [2.05, 4.69) is 180 Å². The van der Waals surface area contributed by atoms with Crippen LogP contribution < -0.4 is 0 Å². The second kappa shape index (κ2) is 10.8. The van der Waals surface area contributed by atoms with E-state index in [0.717, 1.165) is 0 Å². The van der Waals surface area contributed by atoms with Gasteiger partial charge in [-0.05, 0) is 105 Å². The van der Waals surface area contributed by atoms with Gasteiger partial charge in [0.1, 0.15) is 0 Å². The van der Waals surface area contributed by atoms with Crippen LogP contribution in [0.25, 0.3) is 91.8 Å². The Balaban J connectivity index is 1.13. The number of hydrogen-bond acceptors (Lipinski definition) is 1. The van der Waals surface area contributed by atoms with Gasteiger partial charge in [0.15, 0.2) is 0 Å². The summed E-state index contributed by atoms with van der Waals surface area (Å²) in [6.45, 7) is 0. The summed E-state index contributed by atoms with van der Waals surface area (Å²) in [4.78, 5) is 0. The zero-order valence-electron chi connectivity index (χ0n) is 26.1. The third-order valence-corrected chi connectivity index (χ3v) is 10.9. The molecule has 0 saturated carbocycles. The van der Waals surface area contributed by atoms with Crippen LogP contribution in [0, 0.1) is 0 Å². The standard InChI is InChI=1S/C46H29NS/c1-3-11-30(12-4-1)35-23-36(31-13-5-2-6-14-31)25-37(24-35)32-19-21-38(22-20-32)47-43-18-10-9-17-39(43)40-28-42-41-26-33-15-7-8-16-34(33)27-45(41)48-46(42)29-44(40)47/h1-29H. The van der Waals surface area contributed by atoms with E-state index in [-0.39, 0.29) is 0 Å². The predicted molar refractivity (Wildman–Crippen MR) is 207 cm³/mol. The zero-order valence-corrected chi connectivity index (χ0v) is 26.9. The van der Waals surface area contributed by atoms with Crippen LogP contribution in [0.1, 0.15) is 0 Å². The second-order valence-electron chi connectivity index (χ2n) is 12.6. The van der Waals surface area contributed by atoms with Crippen molar-refractivity contribution in [3.8, 4) is 39.1 Å². The first-order valence-corrected chi connectivity index (χ1v) is 17.2. The molecular weight excluding hydrogens is 599 g/mol. The van der Waals surface area contributed by atoms with Gasteiger partial charge in [0, 0.05) is 36.6 Å². The summed E-state index contributed by atoms with van der Waals surface area (Å²) >= 11 is 1.89. The van der Waals surface area contributed by atoms with Gasteiger partial charge in [-0.2, -0.15) is 0 Å². The first kappa shape index (κ1) is 27.2. The molecule has 10 rings (SSSR count). The molecule has 2 aromatic heterocycles. The lowest BCUT2D eigenvalue weighted by Gasteiger charge is -2.13. The van der Waals surface area contributed by atoms with Crippen LogP contribution in [0.5, 0.6) is 0 Å². The minimum atomic E-state index is 1.17. The molecule has 0 N–H and O–H groups in total. The zero-order chi connectivity index (χ0) is 31.6. The summed E-state index contributed by atoms with van der Waals surface area (Å²) in [5.74, 6) is 0. The molecule has 224 valence electrons. The predicted octanol–water partition coefficient (Wildman–Crippen LogP) is 13.3. The van der Waals surface area contributed by atoms with E-state index in [4.69, 9.17) is 0 Å². The van der Waals surface area contributed by atoms with Gasteiger partial charge in [0.25, 0.3) is 0 Å². The molecule has 0 aliphatic carbocycles. The third-order valence-electron chi connectivity index (χ3n) is 9.74. The molecule has 0 aliphatic heterocycles. The van der Waals surface area contributed by atoms with Crippen LogP contribution in [-0.4, -0.2) is 4.57 Å². The average molecular weight is 628 g/mol. The minimum Gasteiger partial charge on any atom is -0.309 e. The van der Waals surface area contributed by atoms with E-state index >= 15 is 0 Å². The Hall–Kier alpha value is -5.96. The fourth-order valence-electron chi connectivity index (χ4n) is 7.39. The minimum absolute atomic E-state index is 1.17. The van der Waals surface area contributed by atoms with Gasteiger partial charge in [-0.15, -0.1) is 11.3 Å². The molecule has 2 heteroatoms.